The third kappa shape index (κ3) is 1.99. The number of rotatable bonds is 3. The molecule has 2 N–H and O–H groups in total. The van der Waals surface area contributed by atoms with Gasteiger partial charge in [0, 0.05) is 5.39 Å². The Balaban J connectivity index is 2.18. The fourth-order valence-corrected chi connectivity index (χ4v) is 2.18. The van der Waals surface area contributed by atoms with Crippen molar-refractivity contribution in [2.24, 2.45) is 0 Å². The van der Waals surface area contributed by atoms with Crippen LogP contribution >= 0.6 is 0 Å². The van der Waals surface area contributed by atoms with Crippen LogP contribution in [0.4, 0.5) is 0 Å². The smallest absolute Gasteiger partial charge is 0.335 e. The summed E-state index contributed by atoms with van der Waals surface area (Å²) >= 11 is 0. The SMILES string of the molecule is COc1cc(-c2cccc(C(=O)O)c2)cc2cn[nH]c12. The molecule has 100 valence electrons. The number of aromatic nitrogens is 2. The molecule has 0 aliphatic rings. The van der Waals surface area contributed by atoms with Gasteiger partial charge in [-0.15, -0.1) is 0 Å². The molecule has 0 unspecified atom stereocenters. The Bertz CT molecular complexity index is 793. The third-order valence-electron chi connectivity index (χ3n) is 3.18. The lowest BCUT2D eigenvalue weighted by Gasteiger charge is -2.07. The number of benzene rings is 2. The number of carboxylic acids is 1. The second-order valence-electron chi connectivity index (χ2n) is 4.40. The Morgan fingerprint density at radius 3 is 2.85 bits per heavy atom. The fraction of sp³-hybridized carbons (Fsp3) is 0.0667. The van der Waals surface area contributed by atoms with Crippen molar-refractivity contribution in [2.45, 2.75) is 0 Å². The molecule has 5 heteroatoms. The van der Waals surface area contributed by atoms with Gasteiger partial charge in [0.1, 0.15) is 11.3 Å². The highest BCUT2D eigenvalue weighted by Crippen LogP contribution is 2.31. The van der Waals surface area contributed by atoms with Gasteiger partial charge in [0.2, 0.25) is 0 Å². The van der Waals surface area contributed by atoms with Gasteiger partial charge in [-0.1, -0.05) is 12.1 Å². The Hall–Kier alpha value is -2.82. The van der Waals surface area contributed by atoms with E-state index in [-0.39, 0.29) is 5.56 Å². The van der Waals surface area contributed by atoms with Gasteiger partial charge in [-0.2, -0.15) is 5.10 Å². The topological polar surface area (TPSA) is 75.2 Å². The van der Waals surface area contributed by atoms with E-state index in [2.05, 4.69) is 10.2 Å². The lowest BCUT2D eigenvalue weighted by atomic mass is 10.0. The van der Waals surface area contributed by atoms with Gasteiger partial charge in [-0.25, -0.2) is 4.79 Å². The van der Waals surface area contributed by atoms with Crippen LogP contribution in [0.1, 0.15) is 10.4 Å². The van der Waals surface area contributed by atoms with Gasteiger partial charge in [-0.05, 0) is 35.4 Å². The van der Waals surface area contributed by atoms with Crippen LogP contribution in [0.15, 0.2) is 42.6 Å². The second-order valence-corrected chi connectivity index (χ2v) is 4.40. The van der Waals surface area contributed by atoms with E-state index in [1.165, 1.54) is 0 Å². The molecule has 20 heavy (non-hydrogen) atoms. The van der Waals surface area contributed by atoms with Gasteiger partial charge < -0.3 is 9.84 Å². The Labute approximate surface area is 114 Å². The first kappa shape index (κ1) is 12.2. The van der Waals surface area contributed by atoms with Gasteiger partial charge in [0.05, 0.1) is 18.9 Å². The minimum Gasteiger partial charge on any atom is -0.494 e. The highest BCUT2D eigenvalue weighted by Gasteiger charge is 2.09. The molecule has 2 aromatic carbocycles. The largest absolute Gasteiger partial charge is 0.494 e. The predicted octanol–water partition coefficient (Wildman–Crippen LogP) is 2.94. The summed E-state index contributed by atoms with van der Waals surface area (Å²) in [6.45, 7) is 0. The van der Waals surface area contributed by atoms with E-state index >= 15 is 0 Å². The van der Waals surface area contributed by atoms with E-state index < -0.39 is 5.97 Å². The van der Waals surface area contributed by atoms with E-state index in [0.29, 0.717) is 5.75 Å². The molecule has 0 saturated heterocycles. The number of hydrogen-bond acceptors (Lipinski definition) is 3. The van der Waals surface area contributed by atoms with Crippen LogP contribution in [-0.2, 0) is 0 Å². The summed E-state index contributed by atoms with van der Waals surface area (Å²) in [4.78, 5) is 11.0. The van der Waals surface area contributed by atoms with Crippen molar-refractivity contribution in [3.8, 4) is 16.9 Å². The summed E-state index contributed by atoms with van der Waals surface area (Å²) in [5.74, 6) is -0.265. The number of ether oxygens (including phenoxy) is 1. The van der Waals surface area contributed by atoms with E-state index in [1.54, 1.807) is 31.5 Å². The molecular weight excluding hydrogens is 256 g/mol. The van der Waals surface area contributed by atoms with Crippen molar-refractivity contribution in [2.75, 3.05) is 7.11 Å². The summed E-state index contributed by atoms with van der Waals surface area (Å²) in [7, 11) is 1.59. The first-order valence-electron chi connectivity index (χ1n) is 6.04. The summed E-state index contributed by atoms with van der Waals surface area (Å²) in [5.41, 5.74) is 2.80. The zero-order chi connectivity index (χ0) is 14.1. The van der Waals surface area contributed by atoms with Crippen LogP contribution < -0.4 is 4.74 Å². The number of nitrogens with zero attached hydrogens (tertiary/aromatic N) is 1. The molecule has 0 bridgehead atoms. The lowest BCUT2D eigenvalue weighted by molar-refractivity contribution is 0.0697. The van der Waals surface area contributed by atoms with Crippen molar-refractivity contribution in [3.63, 3.8) is 0 Å². The molecule has 0 saturated carbocycles. The highest BCUT2D eigenvalue weighted by molar-refractivity contribution is 5.92. The summed E-state index contributed by atoms with van der Waals surface area (Å²) in [5, 5.41) is 16.8. The summed E-state index contributed by atoms with van der Waals surface area (Å²) < 4.78 is 5.34. The maximum absolute atomic E-state index is 11.0. The molecule has 3 aromatic rings. The molecule has 0 aliphatic heterocycles. The van der Waals surface area contributed by atoms with E-state index in [9.17, 15) is 4.79 Å². The summed E-state index contributed by atoms with van der Waals surface area (Å²) in [6.07, 6.45) is 1.71. The minimum atomic E-state index is -0.941. The number of H-pyrrole nitrogens is 1. The van der Waals surface area contributed by atoms with Crippen LogP contribution in [0.3, 0.4) is 0 Å². The number of aromatic carboxylic acids is 1. The summed E-state index contributed by atoms with van der Waals surface area (Å²) in [6, 6.07) is 10.6. The van der Waals surface area contributed by atoms with Gasteiger partial charge in [0.15, 0.2) is 0 Å². The van der Waals surface area contributed by atoms with Gasteiger partial charge in [-0.3, -0.25) is 5.10 Å². The molecule has 1 aromatic heterocycles. The monoisotopic (exact) mass is 268 g/mol. The van der Waals surface area contributed by atoms with Crippen LogP contribution in [-0.4, -0.2) is 28.4 Å². The maximum Gasteiger partial charge on any atom is 0.335 e. The number of hydrogen-bond donors (Lipinski definition) is 2. The second kappa shape index (κ2) is 4.70. The van der Waals surface area contributed by atoms with Crippen molar-refractivity contribution in [3.05, 3.63) is 48.2 Å². The van der Waals surface area contributed by atoms with Crippen molar-refractivity contribution >= 4 is 16.9 Å². The zero-order valence-corrected chi connectivity index (χ0v) is 10.8. The molecule has 5 nitrogen and oxygen atoms in total. The molecule has 0 atom stereocenters. The minimum absolute atomic E-state index is 0.258. The lowest BCUT2D eigenvalue weighted by Crippen LogP contribution is -1.95. The molecule has 0 amide bonds. The number of fused-ring (bicyclic) bond motifs is 1. The van der Waals surface area contributed by atoms with Crippen LogP contribution in [0.5, 0.6) is 5.75 Å². The van der Waals surface area contributed by atoms with Crippen LogP contribution in [0.25, 0.3) is 22.0 Å². The number of carbonyl (C=O) groups is 1. The quantitative estimate of drug-likeness (QED) is 0.765. The molecule has 0 radical (unpaired) electrons. The molecule has 0 spiro atoms. The predicted molar refractivity (Wildman–Crippen MR) is 75.0 cm³/mol. The van der Waals surface area contributed by atoms with Crippen molar-refractivity contribution in [1.82, 2.24) is 10.2 Å². The average Bonchev–Trinajstić information content (AvgIpc) is 2.94. The number of nitrogens with one attached hydrogen (secondary N) is 1. The van der Waals surface area contributed by atoms with Crippen LogP contribution in [0, 0.1) is 0 Å². The van der Waals surface area contributed by atoms with Crippen molar-refractivity contribution in [1.29, 1.82) is 0 Å². The molecule has 0 fully saturated rings. The van der Waals surface area contributed by atoms with E-state index in [0.717, 1.165) is 22.0 Å². The van der Waals surface area contributed by atoms with E-state index in [4.69, 9.17) is 9.84 Å². The van der Waals surface area contributed by atoms with E-state index in [1.807, 2.05) is 18.2 Å². The van der Waals surface area contributed by atoms with Crippen molar-refractivity contribution < 1.29 is 14.6 Å². The maximum atomic E-state index is 11.0. The highest BCUT2D eigenvalue weighted by atomic mass is 16.5. The first-order chi connectivity index (χ1) is 9.69. The number of methoxy groups -OCH3 is 1. The zero-order valence-electron chi connectivity index (χ0n) is 10.8. The molecule has 1 heterocycles. The van der Waals surface area contributed by atoms with Crippen LogP contribution in [0.2, 0.25) is 0 Å². The number of carboxylic acid groups (broad SMARTS) is 1. The molecular formula is C15H12N2O3. The standard InChI is InChI=1S/C15H12N2O3/c1-20-13-7-11(6-12-8-16-17-14(12)13)9-3-2-4-10(5-9)15(18)19/h2-8H,1H3,(H,16,17)(H,18,19). The molecule has 3 rings (SSSR count). The molecule has 0 aliphatic carbocycles. The number of aromatic amines is 1. The normalized spacial score (nSPS) is 10.7. The van der Waals surface area contributed by atoms with Gasteiger partial charge >= 0.3 is 5.97 Å². The fourth-order valence-electron chi connectivity index (χ4n) is 2.18. The Kier molecular flexibility index (Phi) is 2.87. The first-order valence-corrected chi connectivity index (χ1v) is 6.04. The Morgan fingerprint density at radius 2 is 2.10 bits per heavy atom. The van der Waals surface area contributed by atoms with Gasteiger partial charge in [0.25, 0.3) is 0 Å². The third-order valence-corrected chi connectivity index (χ3v) is 3.18. The Morgan fingerprint density at radius 1 is 1.25 bits per heavy atom. The average molecular weight is 268 g/mol.